The minimum Gasteiger partial charge on any atom is -0.399 e. The summed E-state index contributed by atoms with van der Waals surface area (Å²) in [6.07, 6.45) is 0. The van der Waals surface area contributed by atoms with Crippen molar-refractivity contribution in [3.8, 4) is 0 Å². The van der Waals surface area contributed by atoms with E-state index in [4.69, 9.17) is 17.2 Å². The van der Waals surface area contributed by atoms with E-state index in [1.165, 1.54) is 0 Å². The highest BCUT2D eigenvalue weighted by Crippen LogP contribution is 2.27. The maximum absolute atomic E-state index is 5.95. The maximum Gasteiger partial charge on any atom is 0.0397 e. The van der Waals surface area contributed by atoms with Gasteiger partial charge in [-0.15, -0.1) is 0 Å². The molecule has 0 unspecified atom stereocenters. The third-order valence-electron chi connectivity index (χ3n) is 2.56. The minimum absolute atomic E-state index is 0.00532. The number of nitrogens with two attached hydrogens (primary N) is 3. The Morgan fingerprint density at radius 2 is 1.80 bits per heavy atom. The Labute approximate surface area is 88.9 Å². The van der Waals surface area contributed by atoms with E-state index in [1.807, 2.05) is 31.2 Å². The molecule has 6 N–H and O–H groups in total. The molecule has 3 nitrogen and oxygen atoms in total. The Balaban J connectivity index is 2.73. The van der Waals surface area contributed by atoms with Crippen LogP contribution in [0.5, 0.6) is 0 Å². The van der Waals surface area contributed by atoms with Gasteiger partial charge in [-0.25, -0.2) is 0 Å². The van der Waals surface area contributed by atoms with Crippen LogP contribution < -0.4 is 17.2 Å². The molecular weight excluding hydrogens is 186 g/mol. The van der Waals surface area contributed by atoms with Crippen molar-refractivity contribution >= 4 is 22.1 Å². The summed E-state index contributed by atoms with van der Waals surface area (Å²) in [4.78, 5) is 0. The van der Waals surface area contributed by atoms with Crippen LogP contribution in [0.25, 0.3) is 10.8 Å². The number of rotatable bonds is 1. The average Bonchev–Trinajstić information content (AvgIpc) is 2.18. The first kappa shape index (κ1) is 9.80. The van der Waals surface area contributed by atoms with Gasteiger partial charge < -0.3 is 17.2 Å². The molecule has 2 aromatic rings. The van der Waals surface area contributed by atoms with Crippen LogP contribution in [-0.2, 0) is 0 Å². The van der Waals surface area contributed by atoms with Gasteiger partial charge in [0, 0.05) is 22.8 Å². The Morgan fingerprint density at radius 3 is 2.47 bits per heavy atom. The molecule has 0 spiro atoms. The standard InChI is InChI=1S/C12H15N3/c1-7(13)9-4-8-2-3-10(14)6-11(8)12(15)5-9/h2-7H,13-15H2,1H3/t7-/m1/s1. The van der Waals surface area contributed by atoms with Crippen molar-refractivity contribution in [2.45, 2.75) is 13.0 Å². The van der Waals surface area contributed by atoms with Gasteiger partial charge in [0.1, 0.15) is 0 Å². The number of hydrogen-bond donors (Lipinski definition) is 3. The summed E-state index contributed by atoms with van der Waals surface area (Å²) in [5, 5.41) is 2.07. The zero-order chi connectivity index (χ0) is 11.0. The molecule has 0 heterocycles. The lowest BCUT2D eigenvalue weighted by Gasteiger charge is -2.10. The molecular formula is C12H15N3. The summed E-state index contributed by atoms with van der Waals surface area (Å²) in [6, 6.07) is 9.67. The number of hydrogen-bond acceptors (Lipinski definition) is 3. The van der Waals surface area contributed by atoms with Gasteiger partial charge in [-0.2, -0.15) is 0 Å². The molecule has 0 fully saturated rings. The Morgan fingerprint density at radius 1 is 1.07 bits per heavy atom. The van der Waals surface area contributed by atoms with Crippen LogP contribution in [0.3, 0.4) is 0 Å². The Bertz CT molecular complexity index is 503. The fourth-order valence-corrected chi connectivity index (χ4v) is 1.69. The van der Waals surface area contributed by atoms with E-state index in [0.717, 1.165) is 27.7 Å². The number of anilines is 2. The van der Waals surface area contributed by atoms with Gasteiger partial charge in [0.05, 0.1) is 0 Å². The van der Waals surface area contributed by atoms with Crippen molar-refractivity contribution in [3.63, 3.8) is 0 Å². The van der Waals surface area contributed by atoms with E-state index >= 15 is 0 Å². The summed E-state index contributed by atoms with van der Waals surface area (Å²) in [6.45, 7) is 1.94. The van der Waals surface area contributed by atoms with Gasteiger partial charge in [0.25, 0.3) is 0 Å². The molecule has 0 aromatic heterocycles. The van der Waals surface area contributed by atoms with E-state index in [-0.39, 0.29) is 6.04 Å². The summed E-state index contributed by atoms with van der Waals surface area (Å²) in [7, 11) is 0. The van der Waals surface area contributed by atoms with Crippen LogP contribution in [-0.4, -0.2) is 0 Å². The third-order valence-corrected chi connectivity index (χ3v) is 2.56. The van der Waals surface area contributed by atoms with Gasteiger partial charge in [-0.1, -0.05) is 6.07 Å². The SMILES string of the molecule is C[C@@H](N)c1cc(N)c2cc(N)ccc2c1. The second-order valence-electron chi connectivity index (χ2n) is 3.88. The topological polar surface area (TPSA) is 78.1 Å². The van der Waals surface area contributed by atoms with E-state index in [9.17, 15) is 0 Å². The number of fused-ring (bicyclic) bond motifs is 1. The zero-order valence-corrected chi connectivity index (χ0v) is 8.70. The van der Waals surface area contributed by atoms with Crippen molar-refractivity contribution in [1.82, 2.24) is 0 Å². The first-order chi connectivity index (χ1) is 7.08. The molecule has 0 saturated heterocycles. The second-order valence-corrected chi connectivity index (χ2v) is 3.88. The van der Waals surface area contributed by atoms with Crippen molar-refractivity contribution in [2.75, 3.05) is 11.5 Å². The first-order valence-corrected chi connectivity index (χ1v) is 4.92. The van der Waals surface area contributed by atoms with Gasteiger partial charge in [0.2, 0.25) is 0 Å². The molecule has 0 bridgehead atoms. The lowest BCUT2D eigenvalue weighted by Crippen LogP contribution is -2.05. The first-order valence-electron chi connectivity index (χ1n) is 4.92. The molecule has 0 aliphatic rings. The highest BCUT2D eigenvalue weighted by Gasteiger charge is 2.04. The predicted molar refractivity (Wildman–Crippen MR) is 65.4 cm³/mol. The smallest absolute Gasteiger partial charge is 0.0397 e. The van der Waals surface area contributed by atoms with Crippen molar-refractivity contribution < 1.29 is 0 Å². The van der Waals surface area contributed by atoms with Crippen molar-refractivity contribution in [3.05, 3.63) is 35.9 Å². The lowest BCUT2D eigenvalue weighted by atomic mass is 10.0. The summed E-state index contributed by atoms with van der Waals surface area (Å²) >= 11 is 0. The van der Waals surface area contributed by atoms with Gasteiger partial charge in [-0.05, 0) is 42.1 Å². The van der Waals surface area contributed by atoms with Crippen LogP contribution in [0.15, 0.2) is 30.3 Å². The maximum atomic E-state index is 5.95. The molecule has 0 saturated carbocycles. The second kappa shape index (κ2) is 3.44. The minimum atomic E-state index is -0.00532. The molecule has 2 aromatic carbocycles. The fraction of sp³-hybridized carbons (Fsp3) is 0.167. The lowest BCUT2D eigenvalue weighted by molar-refractivity contribution is 0.820. The van der Waals surface area contributed by atoms with E-state index in [0.29, 0.717) is 0 Å². The van der Waals surface area contributed by atoms with Crippen LogP contribution >= 0.6 is 0 Å². The molecule has 0 aliphatic heterocycles. The highest BCUT2D eigenvalue weighted by molar-refractivity contribution is 5.95. The van der Waals surface area contributed by atoms with Crippen molar-refractivity contribution in [1.29, 1.82) is 0 Å². The Kier molecular flexibility index (Phi) is 2.25. The monoisotopic (exact) mass is 201 g/mol. The van der Waals surface area contributed by atoms with Crippen LogP contribution in [0.2, 0.25) is 0 Å². The molecule has 0 amide bonds. The highest BCUT2D eigenvalue weighted by atomic mass is 14.6. The van der Waals surface area contributed by atoms with Crippen LogP contribution in [0, 0.1) is 0 Å². The fourth-order valence-electron chi connectivity index (χ4n) is 1.69. The summed E-state index contributed by atoms with van der Waals surface area (Å²) in [5.41, 5.74) is 20.0. The van der Waals surface area contributed by atoms with E-state index < -0.39 is 0 Å². The zero-order valence-electron chi connectivity index (χ0n) is 8.70. The van der Waals surface area contributed by atoms with Gasteiger partial charge >= 0.3 is 0 Å². The molecule has 78 valence electrons. The van der Waals surface area contributed by atoms with Gasteiger partial charge in [0.15, 0.2) is 0 Å². The van der Waals surface area contributed by atoms with E-state index in [2.05, 4.69) is 6.07 Å². The normalized spacial score (nSPS) is 12.9. The summed E-state index contributed by atoms with van der Waals surface area (Å²) < 4.78 is 0. The molecule has 1 atom stereocenters. The van der Waals surface area contributed by atoms with Crippen LogP contribution in [0.1, 0.15) is 18.5 Å². The Hall–Kier alpha value is -1.74. The number of nitrogen functional groups attached to an aromatic ring is 2. The summed E-state index contributed by atoms with van der Waals surface area (Å²) in [5.74, 6) is 0. The quantitative estimate of drug-likeness (QED) is 0.618. The largest absolute Gasteiger partial charge is 0.399 e. The van der Waals surface area contributed by atoms with Crippen LogP contribution in [0.4, 0.5) is 11.4 Å². The molecule has 15 heavy (non-hydrogen) atoms. The third kappa shape index (κ3) is 1.74. The van der Waals surface area contributed by atoms with E-state index in [1.54, 1.807) is 0 Å². The molecule has 0 aliphatic carbocycles. The average molecular weight is 201 g/mol. The van der Waals surface area contributed by atoms with Gasteiger partial charge in [-0.3, -0.25) is 0 Å². The molecule has 3 heteroatoms. The predicted octanol–water partition coefficient (Wildman–Crippen LogP) is 2.02. The molecule has 0 radical (unpaired) electrons. The molecule has 2 rings (SSSR count). The number of benzene rings is 2. The van der Waals surface area contributed by atoms with Crippen molar-refractivity contribution in [2.24, 2.45) is 5.73 Å².